The average molecular weight is 391 g/mol. The monoisotopic (exact) mass is 390 g/mol. The van der Waals surface area contributed by atoms with Crippen molar-refractivity contribution in [2.45, 2.75) is 45.6 Å². The number of hydrogen-bond donors (Lipinski definition) is 2. The number of carbonyl (C=O) groups excluding carboxylic acids is 1. The van der Waals surface area contributed by atoms with Gasteiger partial charge >= 0.3 is 0 Å². The lowest BCUT2D eigenvalue weighted by Crippen LogP contribution is -2.27. The number of sulfonamides is 1. The molecule has 2 aromatic carbocycles. The van der Waals surface area contributed by atoms with Crippen molar-refractivity contribution >= 4 is 21.6 Å². The lowest BCUT2D eigenvalue weighted by atomic mass is 9.97. The Hall–Kier alpha value is -2.38. The first-order valence-electron chi connectivity index (χ1n) is 8.61. The predicted octanol–water partition coefficient (Wildman–Crippen LogP) is 3.62. The third-order valence-electron chi connectivity index (χ3n) is 4.47. The van der Waals surface area contributed by atoms with E-state index in [-0.39, 0.29) is 10.8 Å². The third kappa shape index (κ3) is 4.87. The number of ether oxygens (including phenoxy) is 1. The Morgan fingerprint density at radius 1 is 1.04 bits per heavy atom. The van der Waals surface area contributed by atoms with Gasteiger partial charge in [-0.1, -0.05) is 12.1 Å². The molecule has 1 amide bonds. The predicted molar refractivity (Wildman–Crippen MR) is 107 cm³/mol. The number of amides is 1. The summed E-state index contributed by atoms with van der Waals surface area (Å²) in [6.07, 6.45) is 0. The van der Waals surface area contributed by atoms with Crippen molar-refractivity contribution < 1.29 is 17.9 Å². The lowest BCUT2D eigenvalue weighted by Gasteiger charge is -2.19. The summed E-state index contributed by atoms with van der Waals surface area (Å²) in [5.41, 5.74) is 4.54. The summed E-state index contributed by atoms with van der Waals surface area (Å²) < 4.78 is 33.6. The highest BCUT2D eigenvalue weighted by Crippen LogP contribution is 2.29. The summed E-state index contributed by atoms with van der Waals surface area (Å²) in [6, 6.07) is 8.02. The number of methoxy groups -OCH3 is 1. The summed E-state index contributed by atoms with van der Waals surface area (Å²) in [4.78, 5) is 11.4. The lowest BCUT2D eigenvalue weighted by molar-refractivity contribution is -0.114. The zero-order valence-corrected chi connectivity index (χ0v) is 17.3. The number of hydrogen-bond acceptors (Lipinski definition) is 4. The van der Waals surface area contributed by atoms with Crippen molar-refractivity contribution in [2.24, 2.45) is 0 Å². The number of rotatable bonds is 6. The van der Waals surface area contributed by atoms with Gasteiger partial charge in [-0.25, -0.2) is 13.1 Å². The summed E-state index contributed by atoms with van der Waals surface area (Å²) in [7, 11) is -2.33. The molecule has 0 heterocycles. The van der Waals surface area contributed by atoms with E-state index in [1.165, 1.54) is 37.8 Å². The minimum Gasteiger partial charge on any atom is -0.495 e. The van der Waals surface area contributed by atoms with Crippen LogP contribution >= 0.6 is 0 Å². The second-order valence-corrected chi connectivity index (χ2v) is 8.39. The Bertz CT molecular complexity index is 968. The SMILES string of the molecule is COc1ccc(S(=O)(=O)N[C@H](C)c2cc(C)c(C)cc2C)cc1NC(C)=O. The first-order valence-corrected chi connectivity index (χ1v) is 10.1. The fraction of sp³-hybridized carbons (Fsp3) is 0.350. The average Bonchev–Trinajstić information content (AvgIpc) is 2.57. The van der Waals surface area contributed by atoms with Gasteiger partial charge < -0.3 is 10.1 Å². The van der Waals surface area contributed by atoms with Crippen LogP contribution in [0.25, 0.3) is 0 Å². The second kappa shape index (κ2) is 8.10. The van der Waals surface area contributed by atoms with Crippen LogP contribution in [0, 0.1) is 20.8 Å². The van der Waals surface area contributed by atoms with Gasteiger partial charge in [-0.05, 0) is 68.1 Å². The van der Waals surface area contributed by atoms with Gasteiger partial charge in [0, 0.05) is 13.0 Å². The van der Waals surface area contributed by atoms with Crippen LogP contribution in [0.1, 0.15) is 42.1 Å². The van der Waals surface area contributed by atoms with Crippen molar-refractivity contribution in [2.75, 3.05) is 12.4 Å². The van der Waals surface area contributed by atoms with E-state index in [9.17, 15) is 13.2 Å². The first-order chi connectivity index (χ1) is 12.5. The highest BCUT2D eigenvalue weighted by Gasteiger charge is 2.21. The smallest absolute Gasteiger partial charge is 0.241 e. The molecule has 0 saturated heterocycles. The molecule has 1 atom stereocenters. The van der Waals surface area contributed by atoms with Gasteiger partial charge in [-0.15, -0.1) is 0 Å². The fourth-order valence-corrected chi connectivity index (χ4v) is 4.20. The van der Waals surface area contributed by atoms with Crippen molar-refractivity contribution in [1.29, 1.82) is 0 Å². The maximum atomic E-state index is 12.9. The van der Waals surface area contributed by atoms with Crippen LogP contribution in [0.5, 0.6) is 5.75 Å². The number of anilines is 1. The molecule has 0 aliphatic carbocycles. The summed E-state index contributed by atoms with van der Waals surface area (Å²) >= 11 is 0. The number of benzene rings is 2. The van der Waals surface area contributed by atoms with Crippen LogP contribution in [0.2, 0.25) is 0 Å². The van der Waals surface area contributed by atoms with Crippen molar-refractivity contribution in [3.05, 3.63) is 52.6 Å². The highest BCUT2D eigenvalue weighted by molar-refractivity contribution is 7.89. The molecule has 27 heavy (non-hydrogen) atoms. The molecule has 0 fully saturated rings. The molecule has 0 aliphatic heterocycles. The minimum absolute atomic E-state index is 0.0559. The van der Waals surface area contributed by atoms with Crippen LogP contribution in [-0.2, 0) is 14.8 Å². The largest absolute Gasteiger partial charge is 0.495 e. The van der Waals surface area contributed by atoms with Crippen molar-refractivity contribution in [3.8, 4) is 5.75 Å². The van der Waals surface area contributed by atoms with E-state index in [1.807, 2.05) is 33.8 Å². The molecule has 6 nitrogen and oxygen atoms in total. The Morgan fingerprint density at radius 3 is 2.26 bits per heavy atom. The van der Waals surface area contributed by atoms with Gasteiger partial charge in [0.05, 0.1) is 17.7 Å². The second-order valence-electron chi connectivity index (χ2n) is 6.68. The Kier molecular flexibility index (Phi) is 6.28. The van der Waals surface area contributed by atoms with Crippen LogP contribution in [0.3, 0.4) is 0 Å². The van der Waals surface area contributed by atoms with E-state index >= 15 is 0 Å². The summed E-state index contributed by atoms with van der Waals surface area (Å²) in [6.45, 7) is 9.16. The fourth-order valence-electron chi connectivity index (χ4n) is 2.96. The van der Waals surface area contributed by atoms with Crippen LogP contribution < -0.4 is 14.8 Å². The molecular formula is C20H26N2O4S. The van der Waals surface area contributed by atoms with E-state index in [2.05, 4.69) is 16.1 Å². The van der Waals surface area contributed by atoms with Gasteiger partial charge in [0.15, 0.2) is 0 Å². The summed E-state index contributed by atoms with van der Waals surface area (Å²) in [5.74, 6) is 0.0807. The number of carbonyl (C=O) groups is 1. The van der Waals surface area contributed by atoms with E-state index in [4.69, 9.17) is 4.74 Å². The molecule has 0 unspecified atom stereocenters. The zero-order valence-electron chi connectivity index (χ0n) is 16.5. The number of nitrogens with one attached hydrogen (secondary N) is 2. The molecule has 2 rings (SSSR count). The van der Waals surface area contributed by atoms with E-state index in [0.717, 1.165) is 16.7 Å². The third-order valence-corrected chi connectivity index (χ3v) is 6.01. The molecule has 0 aromatic heterocycles. The summed E-state index contributed by atoms with van der Waals surface area (Å²) in [5, 5.41) is 2.59. The maximum absolute atomic E-state index is 12.9. The normalized spacial score (nSPS) is 12.5. The van der Waals surface area contributed by atoms with Gasteiger partial charge in [0.1, 0.15) is 5.75 Å². The number of aryl methyl sites for hydroxylation is 3. The van der Waals surface area contributed by atoms with E-state index < -0.39 is 16.1 Å². The van der Waals surface area contributed by atoms with Crippen molar-refractivity contribution in [1.82, 2.24) is 4.72 Å². The Labute approximate surface area is 161 Å². The van der Waals surface area contributed by atoms with Gasteiger partial charge in [-0.3, -0.25) is 4.79 Å². The minimum atomic E-state index is -3.79. The van der Waals surface area contributed by atoms with Crippen LogP contribution in [0.15, 0.2) is 35.2 Å². The maximum Gasteiger partial charge on any atom is 0.241 e. The van der Waals surface area contributed by atoms with Crippen molar-refractivity contribution in [3.63, 3.8) is 0 Å². The first kappa shape index (κ1) is 20.9. The Balaban J connectivity index is 2.36. The van der Waals surface area contributed by atoms with Crippen LogP contribution in [0.4, 0.5) is 5.69 Å². The molecule has 2 N–H and O–H groups in total. The molecule has 146 valence electrons. The van der Waals surface area contributed by atoms with Crippen LogP contribution in [-0.4, -0.2) is 21.4 Å². The molecule has 0 spiro atoms. The molecule has 0 aliphatic rings. The molecule has 0 saturated carbocycles. The zero-order chi connectivity index (χ0) is 20.4. The molecule has 2 aromatic rings. The Morgan fingerprint density at radius 2 is 1.67 bits per heavy atom. The van der Waals surface area contributed by atoms with Gasteiger partial charge in [-0.2, -0.15) is 0 Å². The van der Waals surface area contributed by atoms with E-state index in [1.54, 1.807) is 0 Å². The highest BCUT2D eigenvalue weighted by atomic mass is 32.2. The molecule has 7 heteroatoms. The standard InChI is InChI=1S/C20H26N2O4S/c1-12-9-14(3)18(10-13(12)2)15(4)22-27(24,25)17-7-8-20(26-6)19(11-17)21-16(5)23/h7-11,15,22H,1-6H3,(H,21,23)/t15-/m1/s1. The van der Waals surface area contributed by atoms with Gasteiger partial charge in [0.25, 0.3) is 0 Å². The molecule has 0 radical (unpaired) electrons. The molecular weight excluding hydrogens is 364 g/mol. The van der Waals surface area contributed by atoms with E-state index in [0.29, 0.717) is 11.4 Å². The quantitative estimate of drug-likeness (QED) is 0.789. The topological polar surface area (TPSA) is 84.5 Å². The molecule has 0 bridgehead atoms. The van der Waals surface area contributed by atoms with Gasteiger partial charge in [0.2, 0.25) is 15.9 Å².